The zero-order valence-corrected chi connectivity index (χ0v) is 14.0. The monoisotopic (exact) mass is 396 g/mol. The minimum atomic E-state index is -5.11. The van der Waals surface area contributed by atoms with Crippen LogP contribution in [0, 0.1) is 5.82 Å². The van der Waals surface area contributed by atoms with Gasteiger partial charge in [0.2, 0.25) is 0 Å². The number of halogens is 4. The maximum atomic E-state index is 13.8. The Morgan fingerprint density at radius 3 is 2.54 bits per heavy atom. The predicted molar refractivity (Wildman–Crippen MR) is 88.6 cm³/mol. The maximum Gasteiger partial charge on any atom is 0.438 e. The van der Waals surface area contributed by atoms with Gasteiger partial charge >= 0.3 is 6.18 Å². The molecule has 1 aromatic heterocycles. The van der Waals surface area contributed by atoms with Crippen LogP contribution >= 0.6 is 0 Å². The highest BCUT2D eigenvalue weighted by Gasteiger charge is 2.63. The van der Waals surface area contributed by atoms with Gasteiger partial charge in [0.25, 0.3) is 11.7 Å². The number of amidine groups is 1. The number of aromatic nitrogens is 3. The number of fused-ring (bicyclic) bond motifs is 1. The molecule has 2 aliphatic rings. The Hall–Kier alpha value is -3.35. The SMILES string of the molecule is NC1=NN=C(N2N=C(c3ccc(F)cc3)C[C@@]2(O)C(F)(F)F)n2ncnc2C1. The Kier molecular flexibility index (Phi) is 3.92. The summed E-state index contributed by atoms with van der Waals surface area (Å²) >= 11 is 0. The van der Waals surface area contributed by atoms with Crippen molar-refractivity contribution in [1.29, 1.82) is 0 Å². The molecule has 9 nitrogen and oxygen atoms in total. The quantitative estimate of drug-likeness (QED) is 0.692. The molecule has 13 heteroatoms. The lowest BCUT2D eigenvalue weighted by molar-refractivity contribution is -0.295. The van der Waals surface area contributed by atoms with Crippen molar-refractivity contribution < 1.29 is 22.7 Å². The summed E-state index contributed by atoms with van der Waals surface area (Å²) in [5, 5.41) is 25.9. The van der Waals surface area contributed by atoms with E-state index in [1.165, 1.54) is 12.1 Å². The van der Waals surface area contributed by atoms with Gasteiger partial charge in [-0.2, -0.15) is 33.1 Å². The van der Waals surface area contributed by atoms with Gasteiger partial charge in [0.15, 0.2) is 0 Å². The molecule has 3 heterocycles. The summed E-state index contributed by atoms with van der Waals surface area (Å²) in [5.74, 6) is -0.908. The molecule has 2 aromatic rings. The Morgan fingerprint density at radius 1 is 1.14 bits per heavy atom. The molecule has 3 N–H and O–H groups in total. The van der Waals surface area contributed by atoms with Gasteiger partial charge in [0, 0.05) is 0 Å². The van der Waals surface area contributed by atoms with Crippen LogP contribution < -0.4 is 5.73 Å². The van der Waals surface area contributed by atoms with Crippen molar-refractivity contribution in [2.24, 2.45) is 21.0 Å². The number of hydrazone groups is 1. The molecule has 1 atom stereocenters. The van der Waals surface area contributed by atoms with Crippen LogP contribution in [0.5, 0.6) is 0 Å². The molecule has 28 heavy (non-hydrogen) atoms. The van der Waals surface area contributed by atoms with E-state index in [1.807, 2.05) is 0 Å². The second kappa shape index (κ2) is 6.09. The smallest absolute Gasteiger partial charge is 0.385 e. The van der Waals surface area contributed by atoms with E-state index in [4.69, 9.17) is 5.73 Å². The molecule has 0 aliphatic carbocycles. The van der Waals surface area contributed by atoms with Crippen molar-refractivity contribution in [3.8, 4) is 0 Å². The Labute approximate surface area is 154 Å². The molecular formula is C15H12F4N8O. The number of nitrogens with two attached hydrogens (primary N) is 1. The average Bonchev–Trinajstić information content (AvgIpc) is 3.18. The summed E-state index contributed by atoms with van der Waals surface area (Å²) < 4.78 is 55.5. The Bertz CT molecular complexity index is 1010. The van der Waals surface area contributed by atoms with E-state index in [2.05, 4.69) is 25.4 Å². The molecule has 0 radical (unpaired) electrons. The van der Waals surface area contributed by atoms with Gasteiger partial charge in [-0.15, -0.1) is 10.2 Å². The molecule has 0 fully saturated rings. The minimum absolute atomic E-state index is 0.000179. The van der Waals surface area contributed by atoms with Crippen LogP contribution in [0.4, 0.5) is 17.6 Å². The van der Waals surface area contributed by atoms with Crippen LogP contribution in [0.2, 0.25) is 0 Å². The first-order valence-corrected chi connectivity index (χ1v) is 7.91. The van der Waals surface area contributed by atoms with Crippen molar-refractivity contribution in [1.82, 2.24) is 19.8 Å². The Morgan fingerprint density at radius 2 is 1.86 bits per heavy atom. The number of alkyl halides is 3. The molecule has 2 aliphatic heterocycles. The lowest BCUT2D eigenvalue weighted by Crippen LogP contribution is -2.58. The van der Waals surface area contributed by atoms with E-state index in [9.17, 15) is 22.7 Å². The number of hydrogen-bond donors (Lipinski definition) is 2. The van der Waals surface area contributed by atoms with E-state index in [0.29, 0.717) is 0 Å². The number of aliphatic hydroxyl groups is 1. The number of nitrogens with zero attached hydrogens (tertiary/aromatic N) is 7. The zero-order valence-electron chi connectivity index (χ0n) is 14.0. The molecular weight excluding hydrogens is 384 g/mol. The number of hydrogen-bond acceptors (Lipinski definition) is 8. The molecule has 0 saturated heterocycles. The maximum absolute atomic E-state index is 13.8. The standard InChI is InChI=1S/C15H12F4N8O/c16-9-3-1-8(2-4-9)10-6-14(28,15(17,18)19)27(25-10)13-24-23-11(20)5-12-21-7-22-26(12)13/h1-4,7,28H,5-6H2,(H2,20,23)/t14-/m1/s1. The van der Waals surface area contributed by atoms with Gasteiger partial charge in [-0.25, -0.2) is 9.37 Å². The fourth-order valence-electron chi connectivity index (χ4n) is 2.81. The third-order valence-electron chi connectivity index (χ3n) is 4.22. The van der Waals surface area contributed by atoms with Gasteiger partial charge in [0.1, 0.15) is 23.8 Å². The van der Waals surface area contributed by atoms with Gasteiger partial charge in [-0.3, -0.25) is 0 Å². The lowest BCUT2D eigenvalue weighted by Gasteiger charge is -2.33. The third kappa shape index (κ3) is 2.79. The van der Waals surface area contributed by atoms with E-state index in [-0.39, 0.29) is 34.4 Å². The molecule has 0 amide bonds. The highest BCUT2D eigenvalue weighted by molar-refractivity contribution is 6.04. The van der Waals surface area contributed by atoms with E-state index < -0.39 is 30.1 Å². The molecule has 0 spiro atoms. The summed E-state index contributed by atoms with van der Waals surface area (Å²) in [5.41, 5.74) is 2.31. The first-order valence-electron chi connectivity index (χ1n) is 7.91. The first kappa shape index (κ1) is 18.0. The van der Waals surface area contributed by atoms with Gasteiger partial charge < -0.3 is 10.8 Å². The van der Waals surface area contributed by atoms with Crippen LogP contribution in [0.3, 0.4) is 0 Å². The molecule has 0 bridgehead atoms. The summed E-state index contributed by atoms with van der Waals surface area (Å²) in [7, 11) is 0. The second-order valence-electron chi connectivity index (χ2n) is 6.11. The zero-order chi connectivity index (χ0) is 20.1. The number of benzene rings is 1. The molecule has 4 rings (SSSR count). The van der Waals surface area contributed by atoms with Crippen molar-refractivity contribution in [2.75, 3.05) is 0 Å². The van der Waals surface area contributed by atoms with Crippen LogP contribution in [-0.2, 0) is 6.42 Å². The summed E-state index contributed by atoms with van der Waals surface area (Å²) in [6.45, 7) is 0. The van der Waals surface area contributed by atoms with E-state index >= 15 is 0 Å². The third-order valence-corrected chi connectivity index (χ3v) is 4.22. The Balaban J connectivity index is 1.85. The van der Waals surface area contributed by atoms with E-state index in [1.54, 1.807) is 0 Å². The summed E-state index contributed by atoms with van der Waals surface area (Å²) in [4.78, 5) is 3.92. The van der Waals surface area contributed by atoms with Gasteiger partial charge in [0.05, 0.1) is 18.6 Å². The average molecular weight is 396 g/mol. The van der Waals surface area contributed by atoms with Crippen molar-refractivity contribution in [2.45, 2.75) is 24.7 Å². The molecule has 0 saturated carbocycles. The minimum Gasteiger partial charge on any atom is -0.385 e. The van der Waals surface area contributed by atoms with Crippen LogP contribution in [0.15, 0.2) is 45.9 Å². The number of rotatable bonds is 1. The van der Waals surface area contributed by atoms with Crippen molar-refractivity contribution in [3.63, 3.8) is 0 Å². The van der Waals surface area contributed by atoms with E-state index in [0.717, 1.165) is 23.1 Å². The van der Waals surface area contributed by atoms with Crippen LogP contribution in [0.25, 0.3) is 0 Å². The summed E-state index contributed by atoms with van der Waals surface area (Å²) in [6.07, 6.45) is -4.91. The highest BCUT2D eigenvalue weighted by atomic mass is 19.4. The molecule has 146 valence electrons. The van der Waals surface area contributed by atoms with Crippen LogP contribution in [-0.4, -0.2) is 54.3 Å². The summed E-state index contributed by atoms with van der Waals surface area (Å²) in [6, 6.07) is 4.69. The van der Waals surface area contributed by atoms with Gasteiger partial charge in [-0.1, -0.05) is 12.1 Å². The topological polar surface area (TPSA) is 117 Å². The van der Waals surface area contributed by atoms with Crippen molar-refractivity contribution in [3.05, 3.63) is 47.8 Å². The largest absolute Gasteiger partial charge is 0.438 e. The lowest BCUT2D eigenvalue weighted by atomic mass is 10.0. The normalized spacial score (nSPS) is 22.3. The molecule has 0 unspecified atom stereocenters. The van der Waals surface area contributed by atoms with Crippen LogP contribution in [0.1, 0.15) is 17.8 Å². The first-order chi connectivity index (χ1) is 13.2. The van der Waals surface area contributed by atoms with Gasteiger partial charge in [-0.05, 0) is 17.7 Å². The van der Waals surface area contributed by atoms with Crippen molar-refractivity contribution >= 4 is 17.5 Å². The fraction of sp³-hybridized carbons (Fsp3) is 0.267. The fourth-order valence-corrected chi connectivity index (χ4v) is 2.81. The predicted octanol–water partition coefficient (Wildman–Crippen LogP) is 0.810. The second-order valence-corrected chi connectivity index (χ2v) is 6.11. The molecule has 1 aromatic carbocycles. The highest BCUT2D eigenvalue weighted by Crippen LogP contribution is 2.41.